The van der Waals surface area contributed by atoms with Crippen LogP contribution >= 0.6 is 11.6 Å². The third-order valence-electron chi connectivity index (χ3n) is 6.29. The normalized spacial score (nSPS) is 23.0. The van der Waals surface area contributed by atoms with Crippen molar-refractivity contribution in [2.75, 3.05) is 0 Å². The van der Waals surface area contributed by atoms with Crippen LogP contribution in [0.5, 0.6) is 0 Å². The number of aryl methyl sites for hydroxylation is 1. The van der Waals surface area contributed by atoms with Crippen molar-refractivity contribution in [3.05, 3.63) is 62.5 Å². The maximum Gasteiger partial charge on any atom is 0.192 e. The summed E-state index contributed by atoms with van der Waals surface area (Å²) in [5.41, 5.74) is 4.85. The summed E-state index contributed by atoms with van der Waals surface area (Å²) in [5, 5.41) is 1.11. The van der Waals surface area contributed by atoms with E-state index in [1.807, 2.05) is 6.07 Å². The van der Waals surface area contributed by atoms with Crippen LogP contribution in [0.3, 0.4) is 0 Å². The fourth-order valence-electron chi connectivity index (χ4n) is 4.80. The van der Waals surface area contributed by atoms with Crippen LogP contribution in [0.15, 0.2) is 35.3 Å². The monoisotopic (exact) mass is 378 g/mol. The van der Waals surface area contributed by atoms with Crippen LogP contribution in [-0.4, -0.2) is 15.8 Å². The SMILES string of the molecule is CC(=O)c1nccc2[nH]c(-c3cc(Cl)c(C45CC(C4)C5)cc3C)cc(=O)c12. The van der Waals surface area contributed by atoms with E-state index in [2.05, 4.69) is 23.0 Å². The van der Waals surface area contributed by atoms with Gasteiger partial charge in [-0.3, -0.25) is 14.6 Å². The molecule has 3 aliphatic carbocycles. The first-order chi connectivity index (χ1) is 12.9. The van der Waals surface area contributed by atoms with Crippen LogP contribution in [0.25, 0.3) is 22.2 Å². The molecule has 2 bridgehead atoms. The Labute approximate surface area is 161 Å². The molecule has 5 heteroatoms. The summed E-state index contributed by atoms with van der Waals surface area (Å²) >= 11 is 6.65. The molecule has 3 fully saturated rings. The third-order valence-corrected chi connectivity index (χ3v) is 6.60. The molecule has 3 aromatic rings. The van der Waals surface area contributed by atoms with Crippen molar-refractivity contribution in [2.45, 2.75) is 38.5 Å². The van der Waals surface area contributed by atoms with Gasteiger partial charge in [0, 0.05) is 29.8 Å². The zero-order chi connectivity index (χ0) is 18.9. The number of aromatic nitrogens is 2. The number of Topliss-reactive ketones (excluding diaryl/α,β-unsaturated/α-hetero) is 1. The summed E-state index contributed by atoms with van der Waals surface area (Å²) in [6.45, 7) is 3.47. The molecule has 27 heavy (non-hydrogen) atoms. The van der Waals surface area contributed by atoms with Gasteiger partial charge in [-0.25, -0.2) is 0 Å². The first-order valence-corrected chi connectivity index (χ1v) is 9.60. The zero-order valence-corrected chi connectivity index (χ0v) is 16.0. The van der Waals surface area contributed by atoms with Crippen molar-refractivity contribution in [3.8, 4) is 11.3 Å². The predicted molar refractivity (Wildman–Crippen MR) is 107 cm³/mol. The molecule has 0 spiro atoms. The van der Waals surface area contributed by atoms with Crippen LogP contribution in [0, 0.1) is 12.8 Å². The summed E-state index contributed by atoms with van der Waals surface area (Å²) < 4.78 is 0. The minimum atomic E-state index is -0.221. The molecule has 1 N–H and O–H groups in total. The molecular weight excluding hydrogens is 360 g/mol. The summed E-state index contributed by atoms with van der Waals surface area (Å²) in [6, 6.07) is 7.41. The lowest BCUT2D eigenvalue weighted by atomic mass is 9.42. The fourth-order valence-corrected chi connectivity index (χ4v) is 5.16. The number of fused-ring (bicyclic) bond motifs is 1. The highest BCUT2D eigenvalue weighted by molar-refractivity contribution is 6.32. The Morgan fingerprint density at radius 3 is 2.63 bits per heavy atom. The second-order valence-electron chi connectivity index (χ2n) is 8.09. The molecule has 0 aliphatic heterocycles. The average Bonchev–Trinajstić information content (AvgIpc) is 2.54. The van der Waals surface area contributed by atoms with Crippen molar-refractivity contribution >= 4 is 28.3 Å². The van der Waals surface area contributed by atoms with Crippen molar-refractivity contribution < 1.29 is 4.79 Å². The molecule has 0 amide bonds. The second kappa shape index (κ2) is 5.52. The van der Waals surface area contributed by atoms with Crippen LogP contribution in [0.1, 0.15) is 47.8 Å². The molecule has 2 heterocycles. The van der Waals surface area contributed by atoms with Crippen molar-refractivity contribution in [1.82, 2.24) is 9.97 Å². The van der Waals surface area contributed by atoms with Gasteiger partial charge < -0.3 is 4.98 Å². The van der Waals surface area contributed by atoms with E-state index in [0.29, 0.717) is 22.0 Å². The number of H-pyrrole nitrogens is 1. The first-order valence-electron chi connectivity index (χ1n) is 9.22. The van der Waals surface area contributed by atoms with Gasteiger partial charge in [0.15, 0.2) is 11.2 Å². The number of aromatic amines is 1. The smallest absolute Gasteiger partial charge is 0.192 e. The maximum absolute atomic E-state index is 12.7. The summed E-state index contributed by atoms with van der Waals surface area (Å²) in [6.07, 6.45) is 5.29. The largest absolute Gasteiger partial charge is 0.354 e. The van der Waals surface area contributed by atoms with E-state index in [1.54, 1.807) is 12.3 Å². The van der Waals surface area contributed by atoms with Crippen molar-refractivity contribution in [1.29, 1.82) is 0 Å². The summed E-state index contributed by atoms with van der Waals surface area (Å²) in [4.78, 5) is 31.9. The van der Waals surface area contributed by atoms with Gasteiger partial charge in [0.25, 0.3) is 0 Å². The van der Waals surface area contributed by atoms with Gasteiger partial charge in [0.1, 0.15) is 5.69 Å². The Hall–Kier alpha value is -2.46. The number of hydrogen-bond acceptors (Lipinski definition) is 3. The molecule has 3 saturated carbocycles. The Kier molecular flexibility index (Phi) is 3.41. The van der Waals surface area contributed by atoms with E-state index in [1.165, 1.54) is 37.8 Å². The summed E-state index contributed by atoms with van der Waals surface area (Å²) in [7, 11) is 0. The standard InChI is InChI=1S/C22H19ClN2O2/c1-11-5-15(22-8-13(9-22)10-22)16(23)6-14(11)18-7-19(27)20-17(25-18)3-4-24-21(20)12(2)26/h3-7,13H,8-10H2,1-2H3,(H,25,27). The van der Waals surface area contributed by atoms with E-state index in [4.69, 9.17) is 11.6 Å². The van der Waals surface area contributed by atoms with E-state index in [-0.39, 0.29) is 16.9 Å². The van der Waals surface area contributed by atoms with Gasteiger partial charge in [-0.2, -0.15) is 0 Å². The topological polar surface area (TPSA) is 62.8 Å². The number of rotatable bonds is 3. The van der Waals surface area contributed by atoms with E-state index >= 15 is 0 Å². The molecule has 4 nitrogen and oxygen atoms in total. The highest BCUT2D eigenvalue weighted by Crippen LogP contribution is 2.66. The van der Waals surface area contributed by atoms with E-state index in [0.717, 1.165) is 22.1 Å². The molecule has 1 aromatic carbocycles. The van der Waals surface area contributed by atoms with Crippen LogP contribution in [-0.2, 0) is 5.41 Å². The lowest BCUT2D eigenvalue weighted by molar-refractivity contribution is -0.0273. The first kappa shape index (κ1) is 16.7. The number of ketones is 1. The molecule has 2 aromatic heterocycles. The number of carbonyl (C=O) groups excluding carboxylic acids is 1. The van der Waals surface area contributed by atoms with Crippen LogP contribution in [0.2, 0.25) is 5.02 Å². The van der Waals surface area contributed by atoms with Gasteiger partial charge in [-0.15, -0.1) is 0 Å². The third kappa shape index (κ3) is 2.32. The number of hydrogen-bond donors (Lipinski definition) is 1. The molecule has 136 valence electrons. The zero-order valence-electron chi connectivity index (χ0n) is 15.2. The molecule has 0 unspecified atom stereocenters. The molecule has 0 radical (unpaired) electrons. The molecular formula is C22H19ClN2O2. The van der Waals surface area contributed by atoms with E-state index < -0.39 is 0 Å². The summed E-state index contributed by atoms with van der Waals surface area (Å²) in [5.74, 6) is 0.669. The average molecular weight is 379 g/mol. The highest BCUT2D eigenvalue weighted by atomic mass is 35.5. The van der Waals surface area contributed by atoms with Gasteiger partial charge in [-0.05, 0) is 60.8 Å². The van der Waals surface area contributed by atoms with Gasteiger partial charge in [0.05, 0.1) is 16.6 Å². The maximum atomic E-state index is 12.7. The Morgan fingerprint density at radius 2 is 2.00 bits per heavy atom. The number of halogens is 1. The van der Waals surface area contributed by atoms with Crippen LogP contribution < -0.4 is 5.43 Å². The predicted octanol–water partition coefficient (Wildman–Crippen LogP) is 4.81. The number of nitrogens with zero attached hydrogens (tertiary/aromatic N) is 1. The van der Waals surface area contributed by atoms with Crippen LogP contribution in [0.4, 0.5) is 0 Å². The number of nitrogens with one attached hydrogen (secondary N) is 1. The molecule has 0 atom stereocenters. The minimum Gasteiger partial charge on any atom is -0.354 e. The van der Waals surface area contributed by atoms with Crippen molar-refractivity contribution in [2.24, 2.45) is 5.92 Å². The highest BCUT2D eigenvalue weighted by Gasteiger charge is 2.58. The molecule has 3 aliphatic rings. The fraction of sp³-hybridized carbons (Fsp3) is 0.318. The minimum absolute atomic E-state index is 0.203. The van der Waals surface area contributed by atoms with Crippen molar-refractivity contribution in [3.63, 3.8) is 0 Å². The van der Waals surface area contributed by atoms with Gasteiger partial charge in [-0.1, -0.05) is 17.7 Å². The Balaban J connectivity index is 1.67. The Bertz CT molecular complexity index is 1180. The Morgan fingerprint density at radius 1 is 1.26 bits per heavy atom. The molecule has 6 rings (SSSR count). The second-order valence-corrected chi connectivity index (χ2v) is 8.50. The number of benzene rings is 1. The molecule has 0 saturated heterocycles. The number of pyridine rings is 2. The lowest BCUT2D eigenvalue weighted by Crippen LogP contribution is -2.55. The van der Waals surface area contributed by atoms with Gasteiger partial charge in [0.2, 0.25) is 0 Å². The van der Waals surface area contributed by atoms with E-state index in [9.17, 15) is 9.59 Å². The number of carbonyl (C=O) groups is 1. The van der Waals surface area contributed by atoms with Gasteiger partial charge >= 0.3 is 0 Å². The lowest BCUT2D eigenvalue weighted by Gasteiger charge is -2.62. The quantitative estimate of drug-likeness (QED) is 0.665.